The largest absolute Gasteiger partial charge is 0.492 e. The third-order valence-electron chi connectivity index (χ3n) is 4.14. The van der Waals surface area contributed by atoms with Crippen LogP contribution in [0.15, 0.2) is 52.0 Å². The van der Waals surface area contributed by atoms with Crippen LogP contribution >= 0.6 is 0 Å². The van der Waals surface area contributed by atoms with Crippen LogP contribution in [0.4, 0.5) is 5.69 Å². The van der Waals surface area contributed by atoms with E-state index in [1.807, 2.05) is 0 Å². The van der Waals surface area contributed by atoms with E-state index in [1.54, 1.807) is 31.2 Å². The van der Waals surface area contributed by atoms with Crippen molar-refractivity contribution >= 4 is 27.7 Å². The monoisotopic (exact) mass is 390 g/mol. The first-order valence-corrected chi connectivity index (χ1v) is 10.2. The first-order chi connectivity index (χ1) is 13.0. The standard InChI is InChI=1S/C19H22N2O5S/c1-2-25-17-9-7-15(20-19(22)10-8-16-6-5-13-26-16)14-18(17)27(23,24)21-11-3-4-12-21/h5-10,13-14H,2-4,11-12H2,1H3,(H,20,22)/b10-8+. The van der Waals surface area contributed by atoms with Gasteiger partial charge >= 0.3 is 0 Å². The second kappa shape index (κ2) is 8.41. The highest BCUT2D eigenvalue weighted by Gasteiger charge is 2.30. The fourth-order valence-corrected chi connectivity index (χ4v) is 4.53. The molecule has 0 aliphatic carbocycles. The molecule has 0 spiro atoms. The second-order valence-electron chi connectivity index (χ2n) is 6.04. The molecule has 27 heavy (non-hydrogen) atoms. The van der Waals surface area contributed by atoms with Crippen LogP contribution in [0.2, 0.25) is 0 Å². The van der Waals surface area contributed by atoms with Crippen molar-refractivity contribution in [2.45, 2.75) is 24.7 Å². The summed E-state index contributed by atoms with van der Waals surface area (Å²) in [5, 5.41) is 2.67. The minimum Gasteiger partial charge on any atom is -0.492 e. The van der Waals surface area contributed by atoms with Crippen LogP contribution < -0.4 is 10.1 Å². The van der Waals surface area contributed by atoms with Gasteiger partial charge in [-0.1, -0.05) is 0 Å². The predicted molar refractivity (Wildman–Crippen MR) is 102 cm³/mol. The lowest BCUT2D eigenvalue weighted by molar-refractivity contribution is -0.111. The van der Waals surface area contributed by atoms with Crippen LogP contribution in [-0.2, 0) is 14.8 Å². The van der Waals surface area contributed by atoms with Gasteiger partial charge in [0.2, 0.25) is 15.9 Å². The van der Waals surface area contributed by atoms with Gasteiger partial charge in [0.1, 0.15) is 16.4 Å². The van der Waals surface area contributed by atoms with E-state index in [0.717, 1.165) is 12.8 Å². The van der Waals surface area contributed by atoms with Crippen LogP contribution in [-0.4, -0.2) is 38.3 Å². The Bertz CT molecular complexity index is 914. The zero-order valence-electron chi connectivity index (χ0n) is 15.1. The Morgan fingerprint density at radius 1 is 1.30 bits per heavy atom. The van der Waals surface area contributed by atoms with Crippen molar-refractivity contribution in [1.29, 1.82) is 0 Å². The minimum absolute atomic E-state index is 0.0686. The maximum Gasteiger partial charge on any atom is 0.248 e. The highest BCUT2D eigenvalue weighted by atomic mass is 32.2. The van der Waals surface area contributed by atoms with Gasteiger partial charge in [-0.3, -0.25) is 4.79 Å². The molecular formula is C19H22N2O5S. The number of carbonyl (C=O) groups excluding carboxylic acids is 1. The second-order valence-corrected chi connectivity index (χ2v) is 7.95. The molecule has 1 aliphatic heterocycles. The Morgan fingerprint density at radius 2 is 2.07 bits per heavy atom. The van der Waals surface area contributed by atoms with Crippen molar-refractivity contribution in [1.82, 2.24) is 4.31 Å². The summed E-state index contributed by atoms with van der Waals surface area (Å²) in [4.78, 5) is 12.2. The zero-order chi connectivity index (χ0) is 19.3. The summed E-state index contributed by atoms with van der Waals surface area (Å²) in [5.41, 5.74) is 0.380. The smallest absolute Gasteiger partial charge is 0.248 e. The molecule has 1 saturated heterocycles. The molecule has 0 bridgehead atoms. The molecule has 1 aromatic carbocycles. The Morgan fingerprint density at radius 3 is 2.74 bits per heavy atom. The summed E-state index contributed by atoms with van der Waals surface area (Å²) in [5.74, 6) is 0.447. The maximum atomic E-state index is 13.0. The van der Waals surface area contributed by atoms with Crippen molar-refractivity contribution < 1.29 is 22.4 Å². The lowest BCUT2D eigenvalue weighted by Crippen LogP contribution is -2.28. The third-order valence-corrected chi connectivity index (χ3v) is 6.06. The number of hydrogen-bond donors (Lipinski definition) is 1. The van der Waals surface area contributed by atoms with E-state index < -0.39 is 10.0 Å². The van der Waals surface area contributed by atoms with E-state index in [-0.39, 0.29) is 16.6 Å². The molecule has 2 aromatic rings. The van der Waals surface area contributed by atoms with E-state index in [4.69, 9.17) is 9.15 Å². The lowest BCUT2D eigenvalue weighted by Gasteiger charge is -2.19. The summed E-state index contributed by atoms with van der Waals surface area (Å²) in [7, 11) is -3.67. The highest BCUT2D eigenvalue weighted by molar-refractivity contribution is 7.89. The molecule has 0 saturated carbocycles. The molecule has 7 nitrogen and oxygen atoms in total. The van der Waals surface area contributed by atoms with E-state index in [9.17, 15) is 13.2 Å². The zero-order valence-corrected chi connectivity index (χ0v) is 15.9. The number of nitrogens with one attached hydrogen (secondary N) is 1. The van der Waals surface area contributed by atoms with Gasteiger partial charge in [-0.15, -0.1) is 0 Å². The molecule has 1 fully saturated rings. The molecular weight excluding hydrogens is 368 g/mol. The normalized spacial score (nSPS) is 15.3. The quantitative estimate of drug-likeness (QED) is 0.734. The van der Waals surface area contributed by atoms with Gasteiger partial charge in [0.25, 0.3) is 0 Å². The molecule has 144 valence electrons. The van der Waals surface area contributed by atoms with Crippen LogP contribution in [0.1, 0.15) is 25.5 Å². The van der Waals surface area contributed by atoms with Crippen LogP contribution in [0.5, 0.6) is 5.75 Å². The van der Waals surface area contributed by atoms with Gasteiger partial charge < -0.3 is 14.5 Å². The van der Waals surface area contributed by atoms with Crippen molar-refractivity contribution in [3.63, 3.8) is 0 Å². The van der Waals surface area contributed by atoms with E-state index in [1.165, 1.54) is 28.8 Å². The summed E-state index contributed by atoms with van der Waals surface area (Å²) in [6.07, 6.45) is 6.06. The number of nitrogens with zero attached hydrogens (tertiary/aromatic N) is 1. The van der Waals surface area contributed by atoms with Crippen molar-refractivity contribution in [3.8, 4) is 5.75 Å². The number of hydrogen-bond acceptors (Lipinski definition) is 5. The molecule has 0 radical (unpaired) electrons. The van der Waals surface area contributed by atoms with E-state index in [2.05, 4.69) is 5.32 Å². The maximum absolute atomic E-state index is 13.0. The average Bonchev–Trinajstić information content (AvgIpc) is 3.35. The predicted octanol–water partition coefficient (Wildman–Crippen LogP) is 3.11. The Balaban J connectivity index is 1.83. The molecule has 0 unspecified atom stereocenters. The summed E-state index contributed by atoms with van der Waals surface area (Å²) >= 11 is 0. The van der Waals surface area contributed by atoms with Crippen molar-refractivity contribution in [3.05, 3.63) is 48.4 Å². The van der Waals surface area contributed by atoms with Gasteiger partial charge in [-0.05, 0) is 56.2 Å². The number of furan rings is 1. The fraction of sp³-hybridized carbons (Fsp3) is 0.316. The third kappa shape index (κ3) is 4.58. The lowest BCUT2D eigenvalue weighted by atomic mass is 10.3. The van der Waals surface area contributed by atoms with Crippen LogP contribution in [0.3, 0.4) is 0 Å². The number of ether oxygens (including phenoxy) is 1. The Labute approximate surface area is 158 Å². The van der Waals surface area contributed by atoms with Gasteiger partial charge in [-0.25, -0.2) is 8.42 Å². The molecule has 8 heteroatoms. The van der Waals surface area contributed by atoms with Gasteiger partial charge in [0.15, 0.2) is 0 Å². The van der Waals surface area contributed by atoms with Gasteiger partial charge in [0.05, 0.1) is 12.9 Å². The molecule has 1 amide bonds. The fourth-order valence-electron chi connectivity index (χ4n) is 2.86. The first kappa shape index (κ1) is 19.2. The van der Waals surface area contributed by atoms with Crippen molar-refractivity contribution in [2.24, 2.45) is 0 Å². The topological polar surface area (TPSA) is 88.8 Å². The van der Waals surface area contributed by atoms with E-state index >= 15 is 0 Å². The average molecular weight is 390 g/mol. The minimum atomic E-state index is -3.67. The number of rotatable bonds is 7. The summed E-state index contributed by atoms with van der Waals surface area (Å²) in [6, 6.07) is 8.07. The number of benzene rings is 1. The molecule has 3 rings (SSSR count). The SMILES string of the molecule is CCOc1ccc(NC(=O)/C=C/c2ccco2)cc1S(=O)(=O)N1CCCC1. The highest BCUT2D eigenvalue weighted by Crippen LogP contribution is 2.31. The molecule has 0 atom stereocenters. The van der Waals surface area contributed by atoms with Crippen LogP contribution in [0.25, 0.3) is 6.08 Å². The summed E-state index contributed by atoms with van der Waals surface area (Å²) < 4.78 is 38.0. The van der Waals surface area contributed by atoms with Gasteiger partial charge in [0, 0.05) is 24.9 Å². The molecule has 1 aliphatic rings. The Kier molecular flexibility index (Phi) is 5.98. The number of amides is 1. The number of carbonyl (C=O) groups is 1. The number of anilines is 1. The number of sulfonamides is 1. The van der Waals surface area contributed by atoms with E-state index in [0.29, 0.717) is 31.1 Å². The summed E-state index contributed by atoms with van der Waals surface area (Å²) in [6.45, 7) is 3.13. The molecule has 1 aromatic heterocycles. The molecule has 2 heterocycles. The van der Waals surface area contributed by atoms with Crippen molar-refractivity contribution in [2.75, 3.05) is 25.0 Å². The van der Waals surface area contributed by atoms with Gasteiger partial charge in [-0.2, -0.15) is 4.31 Å². The first-order valence-electron chi connectivity index (χ1n) is 8.80. The Hall–Kier alpha value is -2.58. The molecule has 1 N–H and O–H groups in total. The van der Waals surface area contributed by atoms with Crippen LogP contribution in [0, 0.1) is 0 Å².